The number of hydrogen-bond donors (Lipinski definition) is 2. The largest absolute Gasteiger partial charge is 0.457 e. The lowest BCUT2D eigenvalue weighted by molar-refractivity contribution is 0.416. The van der Waals surface area contributed by atoms with E-state index in [0.29, 0.717) is 5.92 Å². The zero-order valence-corrected chi connectivity index (χ0v) is 8.76. The van der Waals surface area contributed by atoms with Gasteiger partial charge < -0.3 is 4.42 Å². The number of hydrogen-bond acceptors (Lipinski definition) is 3. The van der Waals surface area contributed by atoms with Gasteiger partial charge in [-0.1, -0.05) is 13.8 Å². The summed E-state index contributed by atoms with van der Waals surface area (Å²) in [7, 11) is 0. The maximum Gasteiger partial charge on any atom is 0.169 e. The van der Waals surface area contributed by atoms with Crippen molar-refractivity contribution in [2.45, 2.75) is 19.9 Å². The van der Waals surface area contributed by atoms with Crippen LogP contribution >= 0.6 is 15.9 Å². The highest BCUT2D eigenvalue weighted by Gasteiger charge is 2.15. The highest BCUT2D eigenvalue weighted by atomic mass is 79.9. The average Bonchev–Trinajstić information content (AvgIpc) is 2.37. The summed E-state index contributed by atoms with van der Waals surface area (Å²) in [6.07, 6.45) is 1.70. The highest BCUT2D eigenvalue weighted by molar-refractivity contribution is 9.10. The summed E-state index contributed by atoms with van der Waals surface area (Å²) in [6.45, 7) is 4.21. The number of furan rings is 1. The summed E-state index contributed by atoms with van der Waals surface area (Å²) in [5, 5.41) is 0. The molecule has 68 valence electrons. The van der Waals surface area contributed by atoms with Crippen molar-refractivity contribution < 1.29 is 4.42 Å². The smallest absolute Gasteiger partial charge is 0.169 e. The van der Waals surface area contributed by atoms with Crippen LogP contribution in [0.5, 0.6) is 0 Å². The molecule has 1 aromatic rings. The van der Waals surface area contributed by atoms with Gasteiger partial charge in [0.05, 0.1) is 12.3 Å². The van der Waals surface area contributed by atoms with E-state index in [1.807, 2.05) is 6.07 Å². The van der Waals surface area contributed by atoms with Crippen LogP contribution in [0.2, 0.25) is 0 Å². The van der Waals surface area contributed by atoms with Crippen LogP contribution in [-0.2, 0) is 0 Å². The van der Waals surface area contributed by atoms with E-state index < -0.39 is 0 Å². The van der Waals surface area contributed by atoms with Crippen molar-refractivity contribution in [1.82, 2.24) is 5.43 Å². The first kappa shape index (κ1) is 9.77. The predicted molar refractivity (Wildman–Crippen MR) is 51.3 cm³/mol. The molecule has 0 amide bonds. The van der Waals surface area contributed by atoms with Gasteiger partial charge in [0.25, 0.3) is 0 Å². The van der Waals surface area contributed by atoms with Gasteiger partial charge in [-0.3, -0.25) is 11.3 Å². The van der Waals surface area contributed by atoms with Crippen LogP contribution in [0.4, 0.5) is 0 Å². The zero-order chi connectivity index (χ0) is 9.14. The molecule has 0 aliphatic carbocycles. The first-order valence-electron chi connectivity index (χ1n) is 3.85. The lowest BCUT2D eigenvalue weighted by atomic mass is 9.99. The second-order valence-electron chi connectivity index (χ2n) is 3.07. The molecule has 12 heavy (non-hydrogen) atoms. The fraction of sp³-hybridized carbons (Fsp3) is 0.500. The zero-order valence-electron chi connectivity index (χ0n) is 7.17. The molecule has 3 N–H and O–H groups in total. The van der Waals surface area contributed by atoms with Crippen LogP contribution in [-0.4, -0.2) is 0 Å². The Morgan fingerprint density at radius 3 is 2.58 bits per heavy atom. The first-order chi connectivity index (χ1) is 5.65. The lowest BCUT2D eigenvalue weighted by Crippen LogP contribution is -2.31. The van der Waals surface area contributed by atoms with Gasteiger partial charge in [0.1, 0.15) is 0 Å². The number of nitrogens with two attached hydrogens (primary N) is 1. The molecule has 1 unspecified atom stereocenters. The number of rotatable bonds is 3. The van der Waals surface area contributed by atoms with Crippen LogP contribution < -0.4 is 11.3 Å². The van der Waals surface area contributed by atoms with Crippen LogP contribution in [0, 0.1) is 5.92 Å². The van der Waals surface area contributed by atoms with Gasteiger partial charge >= 0.3 is 0 Å². The van der Waals surface area contributed by atoms with Crippen molar-refractivity contribution in [3.05, 3.63) is 22.6 Å². The van der Waals surface area contributed by atoms with Gasteiger partial charge in [0.15, 0.2) is 4.67 Å². The summed E-state index contributed by atoms with van der Waals surface area (Å²) >= 11 is 3.24. The molecule has 0 saturated heterocycles. The Morgan fingerprint density at radius 2 is 2.25 bits per heavy atom. The van der Waals surface area contributed by atoms with Crippen LogP contribution in [0.25, 0.3) is 0 Å². The number of halogens is 1. The van der Waals surface area contributed by atoms with E-state index in [0.717, 1.165) is 10.2 Å². The van der Waals surface area contributed by atoms with E-state index in [9.17, 15) is 0 Å². The molecule has 0 aliphatic heterocycles. The first-order valence-corrected chi connectivity index (χ1v) is 4.64. The molecule has 0 aliphatic rings. The highest BCUT2D eigenvalue weighted by Crippen LogP contribution is 2.24. The average molecular weight is 233 g/mol. The lowest BCUT2D eigenvalue weighted by Gasteiger charge is -2.17. The molecule has 1 heterocycles. The molecular formula is C8H13BrN2O. The minimum Gasteiger partial charge on any atom is -0.457 e. The minimum absolute atomic E-state index is 0.153. The summed E-state index contributed by atoms with van der Waals surface area (Å²) in [4.78, 5) is 0. The van der Waals surface area contributed by atoms with Crippen molar-refractivity contribution >= 4 is 15.9 Å². The monoisotopic (exact) mass is 232 g/mol. The molecule has 0 spiro atoms. The van der Waals surface area contributed by atoms with Crippen molar-refractivity contribution in [3.8, 4) is 0 Å². The molecule has 0 fully saturated rings. The van der Waals surface area contributed by atoms with Crippen molar-refractivity contribution in [2.24, 2.45) is 11.8 Å². The molecule has 1 atom stereocenters. The Labute approximate surface area is 80.4 Å². The molecule has 3 nitrogen and oxygen atoms in total. The molecule has 1 rings (SSSR count). The van der Waals surface area contributed by atoms with Crippen LogP contribution in [0.3, 0.4) is 0 Å². The molecule has 0 aromatic carbocycles. The summed E-state index contributed by atoms with van der Waals surface area (Å²) in [5.74, 6) is 5.85. The summed E-state index contributed by atoms with van der Waals surface area (Å²) < 4.78 is 5.85. The maximum absolute atomic E-state index is 5.41. The van der Waals surface area contributed by atoms with Crippen molar-refractivity contribution in [2.75, 3.05) is 0 Å². The van der Waals surface area contributed by atoms with Crippen LogP contribution in [0.1, 0.15) is 25.5 Å². The third-order valence-corrected chi connectivity index (χ3v) is 2.21. The standard InChI is InChI=1S/C8H13BrN2O/c1-5(2)8(11-10)6-3-7(9)12-4-6/h3-5,8,11H,10H2,1-2H3. The fourth-order valence-corrected chi connectivity index (χ4v) is 1.52. The Hall–Kier alpha value is -0.320. The van der Waals surface area contributed by atoms with Crippen LogP contribution in [0.15, 0.2) is 21.4 Å². The Balaban J connectivity index is 2.80. The molecule has 4 heteroatoms. The van der Waals surface area contributed by atoms with E-state index in [2.05, 4.69) is 35.2 Å². The van der Waals surface area contributed by atoms with E-state index in [1.165, 1.54) is 0 Å². The summed E-state index contributed by atoms with van der Waals surface area (Å²) in [6, 6.07) is 2.07. The second kappa shape index (κ2) is 4.07. The minimum atomic E-state index is 0.153. The number of hydrazine groups is 1. The van der Waals surface area contributed by atoms with E-state index in [1.54, 1.807) is 6.26 Å². The molecule has 0 bridgehead atoms. The topological polar surface area (TPSA) is 51.2 Å². The predicted octanol–water partition coefficient (Wildman–Crippen LogP) is 2.20. The molecule has 0 saturated carbocycles. The Bertz CT molecular complexity index is 247. The Kier molecular flexibility index (Phi) is 3.31. The summed E-state index contributed by atoms with van der Waals surface area (Å²) in [5.41, 5.74) is 3.82. The molecule has 1 aromatic heterocycles. The maximum atomic E-state index is 5.41. The van der Waals surface area contributed by atoms with Crippen molar-refractivity contribution in [3.63, 3.8) is 0 Å². The quantitative estimate of drug-likeness (QED) is 0.621. The second-order valence-corrected chi connectivity index (χ2v) is 3.85. The molecule has 0 radical (unpaired) electrons. The van der Waals surface area contributed by atoms with Gasteiger partial charge in [-0.15, -0.1) is 0 Å². The van der Waals surface area contributed by atoms with Gasteiger partial charge in [0.2, 0.25) is 0 Å². The van der Waals surface area contributed by atoms with Gasteiger partial charge in [0, 0.05) is 5.56 Å². The third-order valence-electron chi connectivity index (χ3n) is 1.79. The van der Waals surface area contributed by atoms with E-state index >= 15 is 0 Å². The van der Waals surface area contributed by atoms with E-state index in [4.69, 9.17) is 10.3 Å². The fourth-order valence-electron chi connectivity index (χ4n) is 1.16. The third kappa shape index (κ3) is 2.09. The van der Waals surface area contributed by atoms with Gasteiger partial charge in [-0.05, 0) is 27.9 Å². The van der Waals surface area contributed by atoms with Gasteiger partial charge in [-0.25, -0.2) is 0 Å². The molecular weight excluding hydrogens is 220 g/mol. The normalized spacial score (nSPS) is 13.8. The Morgan fingerprint density at radius 1 is 1.58 bits per heavy atom. The van der Waals surface area contributed by atoms with Gasteiger partial charge in [-0.2, -0.15) is 0 Å². The van der Waals surface area contributed by atoms with Crippen molar-refractivity contribution in [1.29, 1.82) is 0 Å². The van der Waals surface area contributed by atoms with E-state index in [-0.39, 0.29) is 6.04 Å². The number of nitrogens with one attached hydrogen (secondary N) is 1. The SMILES string of the molecule is CC(C)C(NN)c1coc(Br)c1.